The zero-order chi connectivity index (χ0) is 16.0. The van der Waals surface area contributed by atoms with Crippen molar-refractivity contribution in [1.82, 2.24) is 10.6 Å². The Kier molecular flexibility index (Phi) is 5.84. The average Bonchev–Trinajstić information content (AvgIpc) is 2.36. The van der Waals surface area contributed by atoms with E-state index >= 15 is 0 Å². The summed E-state index contributed by atoms with van der Waals surface area (Å²) in [4.78, 5) is 23.5. The molecule has 0 aliphatic rings. The van der Waals surface area contributed by atoms with Crippen LogP contribution in [0, 0.1) is 5.82 Å². The summed E-state index contributed by atoms with van der Waals surface area (Å²) >= 11 is 0. The van der Waals surface area contributed by atoms with E-state index < -0.39 is 6.04 Å². The fourth-order valence-electron chi connectivity index (χ4n) is 1.55. The molecule has 1 atom stereocenters. The van der Waals surface area contributed by atoms with Gasteiger partial charge in [-0.3, -0.25) is 14.9 Å². The molecule has 0 fully saturated rings. The van der Waals surface area contributed by atoms with Crippen molar-refractivity contribution >= 4 is 17.5 Å². The molecule has 1 unspecified atom stereocenters. The summed E-state index contributed by atoms with van der Waals surface area (Å²) in [6.07, 6.45) is 0. The Balaban J connectivity index is 2.38. The monoisotopic (exact) mass is 295 g/mol. The van der Waals surface area contributed by atoms with E-state index in [4.69, 9.17) is 0 Å². The SMILES string of the molecule is CC(NCC(=O)Nc1ccc(F)cc1)C(=O)NC(C)(C)C. The second-order valence-electron chi connectivity index (χ2n) is 5.90. The molecule has 3 N–H and O–H groups in total. The van der Waals surface area contributed by atoms with Crippen molar-refractivity contribution < 1.29 is 14.0 Å². The number of carbonyl (C=O) groups is 2. The van der Waals surface area contributed by atoms with Crippen molar-refractivity contribution in [1.29, 1.82) is 0 Å². The lowest BCUT2D eigenvalue weighted by Gasteiger charge is -2.23. The molecule has 6 heteroatoms. The maximum Gasteiger partial charge on any atom is 0.238 e. The summed E-state index contributed by atoms with van der Waals surface area (Å²) in [6, 6.07) is 5.00. The highest BCUT2D eigenvalue weighted by Gasteiger charge is 2.19. The highest BCUT2D eigenvalue weighted by Crippen LogP contribution is 2.07. The number of amides is 2. The van der Waals surface area contributed by atoms with Crippen LogP contribution in [-0.2, 0) is 9.59 Å². The summed E-state index contributed by atoms with van der Waals surface area (Å²) < 4.78 is 12.7. The van der Waals surface area contributed by atoms with Crippen molar-refractivity contribution in [2.75, 3.05) is 11.9 Å². The van der Waals surface area contributed by atoms with Crippen molar-refractivity contribution in [3.63, 3.8) is 0 Å². The van der Waals surface area contributed by atoms with Gasteiger partial charge in [-0.2, -0.15) is 0 Å². The van der Waals surface area contributed by atoms with Gasteiger partial charge in [0.05, 0.1) is 12.6 Å². The molecule has 5 nitrogen and oxygen atoms in total. The van der Waals surface area contributed by atoms with Crippen LogP contribution < -0.4 is 16.0 Å². The van der Waals surface area contributed by atoms with Crippen LogP contribution in [0.5, 0.6) is 0 Å². The Morgan fingerprint density at radius 1 is 1.19 bits per heavy atom. The number of carbonyl (C=O) groups excluding carboxylic acids is 2. The Labute approximate surface area is 124 Å². The number of rotatable bonds is 5. The Hall–Kier alpha value is -1.95. The zero-order valence-corrected chi connectivity index (χ0v) is 12.8. The molecule has 116 valence electrons. The van der Waals surface area contributed by atoms with E-state index in [1.165, 1.54) is 24.3 Å². The van der Waals surface area contributed by atoms with Crippen LogP contribution in [-0.4, -0.2) is 29.9 Å². The molecular formula is C15H22FN3O2. The molecule has 0 aromatic heterocycles. The molecule has 0 saturated carbocycles. The minimum absolute atomic E-state index is 0.00386. The Bertz CT molecular complexity index is 495. The second kappa shape index (κ2) is 7.17. The highest BCUT2D eigenvalue weighted by atomic mass is 19.1. The maximum absolute atomic E-state index is 12.7. The fraction of sp³-hybridized carbons (Fsp3) is 0.467. The van der Waals surface area contributed by atoms with Crippen molar-refractivity contribution in [2.45, 2.75) is 39.3 Å². The lowest BCUT2D eigenvalue weighted by molar-refractivity contribution is -0.124. The van der Waals surface area contributed by atoms with Crippen molar-refractivity contribution in [3.05, 3.63) is 30.1 Å². The minimum atomic E-state index is -0.483. The van der Waals surface area contributed by atoms with Crippen LogP contribution in [0.1, 0.15) is 27.7 Å². The summed E-state index contributed by atoms with van der Waals surface area (Å²) in [5, 5.41) is 8.27. The minimum Gasteiger partial charge on any atom is -0.350 e. The number of halogens is 1. The second-order valence-corrected chi connectivity index (χ2v) is 5.90. The largest absolute Gasteiger partial charge is 0.350 e. The first-order chi connectivity index (χ1) is 9.67. The molecule has 0 radical (unpaired) electrons. The number of hydrogen-bond donors (Lipinski definition) is 3. The van der Waals surface area contributed by atoms with Gasteiger partial charge in [0, 0.05) is 11.2 Å². The molecule has 21 heavy (non-hydrogen) atoms. The van der Waals surface area contributed by atoms with E-state index in [0.29, 0.717) is 5.69 Å². The number of nitrogens with one attached hydrogen (secondary N) is 3. The van der Waals surface area contributed by atoms with Crippen LogP contribution in [0.4, 0.5) is 10.1 Å². The molecule has 2 amide bonds. The highest BCUT2D eigenvalue weighted by molar-refractivity contribution is 5.92. The van der Waals surface area contributed by atoms with Gasteiger partial charge in [0.2, 0.25) is 11.8 Å². The molecule has 0 heterocycles. The van der Waals surface area contributed by atoms with Crippen LogP contribution in [0.2, 0.25) is 0 Å². The number of benzene rings is 1. The molecule has 1 aromatic rings. The van der Waals surface area contributed by atoms with Crippen LogP contribution in [0.25, 0.3) is 0 Å². The lowest BCUT2D eigenvalue weighted by Crippen LogP contribution is -2.50. The third kappa shape index (κ3) is 6.85. The first-order valence-corrected chi connectivity index (χ1v) is 6.78. The molecule has 1 aromatic carbocycles. The standard InChI is InChI=1S/C15H22FN3O2/c1-10(14(21)19-15(2,3)4)17-9-13(20)18-12-7-5-11(16)6-8-12/h5-8,10,17H,9H2,1-4H3,(H,18,20)(H,19,21). The predicted molar refractivity (Wildman–Crippen MR) is 80.4 cm³/mol. The lowest BCUT2D eigenvalue weighted by atomic mass is 10.1. The van der Waals surface area contributed by atoms with E-state index in [1.54, 1.807) is 6.92 Å². The van der Waals surface area contributed by atoms with Crippen molar-refractivity contribution in [3.8, 4) is 0 Å². The van der Waals surface area contributed by atoms with Gasteiger partial charge >= 0.3 is 0 Å². The van der Waals surface area contributed by atoms with Gasteiger partial charge in [-0.05, 0) is 52.0 Å². The number of hydrogen-bond acceptors (Lipinski definition) is 3. The van der Waals surface area contributed by atoms with Gasteiger partial charge in [0.1, 0.15) is 5.82 Å². The van der Waals surface area contributed by atoms with Crippen molar-refractivity contribution in [2.24, 2.45) is 0 Å². The molecule has 0 aliphatic heterocycles. The smallest absolute Gasteiger partial charge is 0.238 e. The molecule has 0 saturated heterocycles. The predicted octanol–water partition coefficient (Wildman–Crippen LogP) is 1.66. The molecule has 0 aliphatic carbocycles. The van der Waals surface area contributed by atoms with Gasteiger partial charge < -0.3 is 10.6 Å². The van der Waals surface area contributed by atoms with Crippen LogP contribution in [0.15, 0.2) is 24.3 Å². The summed E-state index contributed by atoms with van der Waals surface area (Å²) in [6.45, 7) is 7.35. The quantitative estimate of drug-likeness (QED) is 0.773. The average molecular weight is 295 g/mol. The molecule has 0 spiro atoms. The summed E-state index contributed by atoms with van der Waals surface area (Å²) in [7, 11) is 0. The van der Waals surface area contributed by atoms with E-state index in [2.05, 4.69) is 16.0 Å². The third-order valence-corrected chi connectivity index (χ3v) is 2.59. The van der Waals surface area contributed by atoms with Gasteiger partial charge in [-0.15, -0.1) is 0 Å². The Morgan fingerprint density at radius 3 is 2.29 bits per heavy atom. The van der Waals surface area contributed by atoms with E-state index in [1.807, 2.05) is 20.8 Å². The maximum atomic E-state index is 12.7. The van der Waals surface area contributed by atoms with E-state index in [0.717, 1.165) is 0 Å². The van der Waals surface area contributed by atoms with Crippen LogP contribution >= 0.6 is 0 Å². The van der Waals surface area contributed by atoms with Crippen LogP contribution in [0.3, 0.4) is 0 Å². The first kappa shape index (κ1) is 17.1. The summed E-state index contributed by atoms with van der Waals surface area (Å²) in [5.74, 6) is -0.826. The Morgan fingerprint density at radius 2 is 1.76 bits per heavy atom. The topological polar surface area (TPSA) is 70.2 Å². The summed E-state index contributed by atoms with van der Waals surface area (Å²) in [5.41, 5.74) is 0.193. The van der Waals surface area contributed by atoms with Gasteiger partial charge in [0.25, 0.3) is 0 Å². The van der Waals surface area contributed by atoms with E-state index in [-0.39, 0.29) is 29.7 Å². The number of anilines is 1. The first-order valence-electron chi connectivity index (χ1n) is 6.78. The molecular weight excluding hydrogens is 273 g/mol. The fourth-order valence-corrected chi connectivity index (χ4v) is 1.55. The molecule has 0 bridgehead atoms. The van der Waals surface area contributed by atoms with Gasteiger partial charge in [-0.1, -0.05) is 0 Å². The van der Waals surface area contributed by atoms with Gasteiger partial charge in [-0.25, -0.2) is 4.39 Å². The zero-order valence-electron chi connectivity index (χ0n) is 12.8. The molecule has 1 rings (SSSR count). The normalized spacial score (nSPS) is 12.6. The van der Waals surface area contributed by atoms with E-state index in [9.17, 15) is 14.0 Å². The van der Waals surface area contributed by atoms with Gasteiger partial charge in [0.15, 0.2) is 0 Å². The third-order valence-electron chi connectivity index (χ3n) is 2.59.